The molecule has 0 unspecified atom stereocenters. The number of carbonyl (C=O) groups excluding carboxylic acids is 1. The fourth-order valence-corrected chi connectivity index (χ4v) is 2.73. The molecule has 1 amide bonds. The molecule has 0 spiro atoms. The Hall–Kier alpha value is -1.52. The molecule has 112 valence electrons. The molecular formula is C15H15Cl2NO3. The van der Waals surface area contributed by atoms with E-state index in [1.807, 2.05) is 0 Å². The van der Waals surface area contributed by atoms with E-state index in [-0.39, 0.29) is 5.91 Å². The molecule has 0 aromatic heterocycles. The zero-order chi connectivity index (χ0) is 15.4. The molecule has 1 heterocycles. The topological polar surface area (TPSA) is 57.6 Å². The first-order chi connectivity index (χ1) is 10.0. The van der Waals surface area contributed by atoms with E-state index in [0.29, 0.717) is 28.6 Å². The highest BCUT2D eigenvalue weighted by molar-refractivity contribution is 6.42. The van der Waals surface area contributed by atoms with Crippen LogP contribution < -0.4 is 0 Å². The number of rotatable bonds is 3. The molecule has 1 saturated heterocycles. The Morgan fingerprint density at radius 2 is 2.05 bits per heavy atom. The SMILES string of the molecule is O=C(O)[C@H]1CCCCN1C(=O)C=Cc1cccc(Cl)c1Cl. The largest absolute Gasteiger partial charge is 0.480 e. The second-order valence-electron chi connectivity index (χ2n) is 4.86. The average Bonchev–Trinajstić information content (AvgIpc) is 2.48. The number of amides is 1. The van der Waals surface area contributed by atoms with E-state index in [2.05, 4.69) is 0 Å². The zero-order valence-electron chi connectivity index (χ0n) is 11.3. The number of halogens is 2. The maximum atomic E-state index is 12.2. The summed E-state index contributed by atoms with van der Waals surface area (Å²) < 4.78 is 0. The van der Waals surface area contributed by atoms with Crippen molar-refractivity contribution in [1.82, 2.24) is 4.90 Å². The van der Waals surface area contributed by atoms with Crippen molar-refractivity contribution in [3.8, 4) is 0 Å². The van der Waals surface area contributed by atoms with Crippen LogP contribution in [0.15, 0.2) is 24.3 Å². The molecule has 0 bridgehead atoms. The molecular weight excluding hydrogens is 313 g/mol. The molecule has 0 aliphatic carbocycles. The summed E-state index contributed by atoms with van der Waals surface area (Å²) in [4.78, 5) is 24.8. The number of carboxylic acids is 1. The Balaban J connectivity index is 2.14. The molecule has 6 heteroatoms. The molecule has 1 aliphatic heterocycles. The van der Waals surface area contributed by atoms with E-state index in [9.17, 15) is 9.59 Å². The highest BCUT2D eigenvalue weighted by Crippen LogP contribution is 2.26. The lowest BCUT2D eigenvalue weighted by molar-refractivity contribution is -0.150. The van der Waals surface area contributed by atoms with Gasteiger partial charge in [-0.05, 0) is 37.0 Å². The van der Waals surface area contributed by atoms with Crippen LogP contribution in [-0.2, 0) is 9.59 Å². The summed E-state index contributed by atoms with van der Waals surface area (Å²) in [6.45, 7) is 0.462. The number of carboxylic acid groups (broad SMARTS) is 1. The van der Waals surface area contributed by atoms with Crippen LogP contribution in [0, 0.1) is 0 Å². The molecule has 4 nitrogen and oxygen atoms in total. The van der Waals surface area contributed by atoms with Crippen LogP contribution >= 0.6 is 23.2 Å². The normalized spacial score (nSPS) is 19.0. The van der Waals surface area contributed by atoms with Gasteiger partial charge in [0.05, 0.1) is 10.0 Å². The van der Waals surface area contributed by atoms with Gasteiger partial charge in [0.15, 0.2) is 0 Å². The van der Waals surface area contributed by atoms with Gasteiger partial charge < -0.3 is 10.0 Å². The van der Waals surface area contributed by atoms with E-state index in [4.69, 9.17) is 28.3 Å². The van der Waals surface area contributed by atoms with Gasteiger partial charge in [0.1, 0.15) is 6.04 Å². The van der Waals surface area contributed by atoms with Crippen LogP contribution in [-0.4, -0.2) is 34.5 Å². The lowest BCUT2D eigenvalue weighted by Gasteiger charge is -2.32. The van der Waals surface area contributed by atoms with Crippen molar-refractivity contribution in [3.05, 3.63) is 39.9 Å². The smallest absolute Gasteiger partial charge is 0.326 e. The second-order valence-corrected chi connectivity index (χ2v) is 5.64. The van der Waals surface area contributed by atoms with Crippen molar-refractivity contribution in [2.24, 2.45) is 0 Å². The molecule has 0 radical (unpaired) electrons. The Morgan fingerprint density at radius 1 is 1.29 bits per heavy atom. The summed E-state index contributed by atoms with van der Waals surface area (Å²) in [7, 11) is 0. The molecule has 1 atom stereocenters. The van der Waals surface area contributed by atoms with Crippen molar-refractivity contribution < 1.29 is 14.7 Å². The lowest BCUT2D eigenvalue weighted by atomic mass is 10.0. The minimum absolute atomic E-state index is 0.321. The third kappa shape index (κ3) is 3.77. The molecule has 1 aromatic carbocycles. The first-order valence-corrected chi connectivity index (χ1v) is 7.42. The minimum Gasteiger partial charge on any atom is -0.480 e. The Bertz CT molecular complexity index is 586. The summed E-state index contributed by atoms with van der Waals surface area (Å²) in [5.74, 6) is -1.28. The van der Waals surface area contributed by atoms with Gasteiger partial charge in [-0.3, -0.25) is 4.79 Å². The molecule has 0 saturated carbocycles. The zero-order valence-corrected chi connectivity index (χ0v) is 12.8. The fourth-order valence-electron chi connectivity index (χ4n) is 2.36. The van der Waals surface area contributed by atoms with Gasteiger partial charge >= 0.3 is 5.97 Å². The molecule has 1 fully saturated rings. The van der Waals surface area contributed by atoms with E-state index in [0.717, 1.165) is 12.8 Å². The lowest BCUT2D eigenvalue weighted by Crippen LogP contribution is -2.47. The predicted molar refractivity (Wildman–Crippen MR) is 82.5 cm³/mol. The van der Waals surface area contributed by atoms with Gasteiger partial charge in [0, 0.05) is 12.6 Å². The van der Waals surface area contributed by atoms with Crippen LogP contribution in [0.25, 0.3) is 6.08 Å². The summed E-state index contributed by atoms with van der Waals surface area (Å²) in [6.07, 6.45) is 5.04. The van der Waals surface area contributed by atoms with Crippen LogP contribution in [0.3, 0.4) is 0 Å². The maximum Gasteiger partial charge on any atom is 0.326 e. The quantitative estimate of drug-likeness (QED) is 0.865. The fraction of sp³-hybridized carbons (Fsp3) is 0.333. The molecule has 2 rings (SSSR count). The van der Waals surface area contributed by atoms with Crippen LogP contribution in [0.1, 0.15) is 24.8 Å². The number of hydrogen-bond acceptors (Lipinski definition) is 2. The first kappa shape index (κ1) is 15.9. The van der Waals surface area contributed by atoms with Crippen molar-refractivity contribution in [2.75, 3.05) is 6.54 Å². The Kier molecular flexibility index (Phi) is 5.26. The third-order valence-electron chi connectivity index (χ3n) is 3.46. The van der Waals surface area contributed by atoms with Gasteiger partial charge in [-0.25, -0.2) is 4.79 Å². The number of benzene rings is 1. The molecule has 1 aliphatic rings. The number of piperidine rings is 1. The summed E-state index contributed by atoms with van der Waals surface area (Å²) >= 11 is 11.9. The monoisotopic (exact) mass is 327 g/mol. The number of aliphatic carboxylic acids is 1. The number of carbonyl (C=O) groups is 2. The van der Waals surface area contributed by atoms with Gasteiger partial charge in [0.25, 0.3) is 0 Å². The van der Waals surface area contributed by atoms with E-state index in [1.54, 1.807) is 24.3 Å². The highest BCUT2D eigenvalue weighted by atomic mass is 35.5. The highest BCUT2D eigenvalue weighted by Gasteiger charge is 2.30. The van der Waals surface area contributed by atoms with Crippen LogP contribution in [0.4, 0.5) is 0 Å². The Morgan fingerprint density at radius 3 is 2.76 bits per heavy atom. The number of nitrogens with zero attached hydrogens (tertiary/aromatic N) is 1. The van der Waals surface area contributed by atoms with E-state index in [1.165, 1.54) is 11.0 Å². The third-order valence-corrected chi connectivity index (χ3v) is 4.29. The number of likely N-dealkylation sites (tertiary alicyclic amines) is 1. The predicted octanol–water partition coefficient (Wildman–Crippen LogP) is 3.47. The second kappa shape index (κ2) is 6.96. The van der Waals surface area contributed by atoms with Crippen molar-refractivity contribution in [3.63, 3.8) is 0 Å². The van der Waals surface area contributed by atoms with Crippen molar-refractivity contribution in [1.29, 1.82) is 0 Å². The van der Waals surface area contributed by atoms with Gasteiger partial charge in [-0.15, -0.1) is 0 Å². The average molecular weight is 328 g/mol. The van der Waals surface area contributed by atoms with E-state index >= 15 is 0 Å². The maximum absolute atomic E-state index is 12.2. The standard InChI is InChI=1S/C15H15Cl2NO3/c16-11-5-3-4-10(14(11)17)7-8-13(19)18-9-2-1-6-12(18)15(20)21/h3-5,7-8,12H,1-2,6,9H2,(H,20,21)/t12-/m1/s1. The van der Waals surface area contributed by atoms with Gasteiger partial charge in [-0.2, -0.15) is 0 Å². The summed E-state index contributed by atoms with van der Waals surface area (Å²) in [6, 6.07) is 4.39. The van der Waals surface area contributed by atoms with Crippen molar-refractivity contribution in [2.45, 2.75) is 25.3 Å². The molecule has 1 N–H and O–H groups in total. The van der Waals surface area contributed by atoms with Crippen LogP contribution in [0.2, 0.25) is 10.0 Å². The summed E-state index contributed by atoms with van der Waals surface area (Å²) in [5.41, 5.74) is 0.626. The molecule has 21 heavy (non-hydrogen) atoms. The van der Waals surface area contributed by atoms with E-state index < -0.39 is 12.0 Å². The summed E-state index contributed by atoms with van der Waals surface area (Å²) in [5, 5.41) is 9.95. The van der Waals surface area contributed by atoms with Crippen LogP contribution in [0.5, 0.6) is 0 Å². The Labute approximate surface area is 133 Å². The first-order valence-electron chi connectivity index (χ1n) is 6.66. The minimum atomic E-state index is -0.961. The number of hydrogen-bond donors (Lipinski definition) is 1. The molecule has 1 aromatic rings. The van der Waals surface area contributed by atoms with Gasteiger partial charge in [0.2, 0.25) is 5.91 Å². The van der Waals surface area contributed by atoms with Gasteiger partial charge in [-0.1, -0.05) is 35.3 Å². The van der Waals surface area contributed by atoms with Crippen molar-refractivity contribution >= 4 is 41.2 Å².